The Balaban J connectivity index is 2.15. The van der Waals surface area contributed by atoms with Crippen LogP contribution in [0.1, 0.15) is 32.3 Å². The molecule has 1 aliphatic heterocycles. The molecule has 0 amide bonds. The fourth-order valence-electron chi connectivity index (χ4n) is 2.67. The lowest BCUT2D eigenvalue weighted by Crippen LogP contribution is -2.41. The molecule has 1 atom stereocenters. The zero-order valence-electron chi connectivity index (χ0n) is 11.0. The second kappa shape index (κ2) is 5.37. The Labute approximate surface area is 108 Å². The second-order valence-electron chi connectivity index (χ2n) is 5.62. The van der Waals surface area contributed by atoms with E-state index in [0.29, 0.717) is 0 Å². The molecule has 1 saturated heterocycles. The molecule has 1 unspecified atom stereocenters. The van der Waals surface area contributed by atoms with Crippen molar-refractivity contribution >= 4 is 0 Å². The van der Waals surface area contributed by atoms with Crippen LogP contribution in [0.5, 0.6) is 0 Å². The Bertz CT molecular complexity index is 380. The molecule has 0 saturated carbocycles. The van der Waals surface area contributed by atoms with Crippen molar-refractivity contribution in [2.75, 3.05) is 13.2 Å². The van der Waals surface area contributed by atoms with Crippen molar-refractivity contribution in [3.05, 3.63) is 35.6 Å². The van der Waals surface area contributed by atoms with E-state index in [-0.39, 0.29) is 17.2 Å². The number of rotatable bonds is 3. The van der Waals surface area contributed by atoms with Crippen molar-refractivity contribution in [1.29, 1.82) is 0 Å². The highest BCUT2D eigenvalue weighted by molar-refractivity contribution is 5.26. The highest BCUT2D eigenvalue weighted by Gasteiger charge is 2.36. The molecule has 18 heavy (non-hydrogen) atoms. The van der Waals surface area contributed by atoms with Gasteiger partial charge in [-0.15, -0.1) is 0 Å². The summed E-state index contributed by atoms with van der Waals surface area (Å²) in [6.07, 6.45) is 1.37. The van der Waals surface area contributed by atoms with Crippen molar-refractivity contribution in [3.63, 3.8) is 0 Å². The summed E-state index contributed by atoms with van der Waals surface area (Å²) in [5.74, 6) is 0.0221. The van der Waals surface area contributed by atoms with Gasteiger partial charge in [0.1, 0.15) is 5.82 Å². The smallest absolute Gasteiger partial charge is 0.123 e. The minimum absolute atomic E-state index is 0.241. The van der Waals surface area contributed by atoms with E-state index < -0.39 is 6.10 Å². The standard InChI is InChI=1S/C15H21FO2/c1-15(2,12-3-5-13(16)6-4-12)14(17)11-7-9-18-10-8-11/h3-6,11,14,17H,7-10H2,1-2H3. The lowest BCUT2D eigenvalue weighted by Gasteiger charge is -2.38. The maximum Gasteiger partial charge on any atom is 0.123 e. The molecule has 1 aromatic carbocycles. The van der Waals surface area contributed by atoms with Crippen LogP contribution in [-0.4, -0.2) is 24.4 Å². The summed E-state index contributed by atoms with van der Waals surface area (Å²) in [5.41, 5.74) is 0.610. The van der Waals surface area contributed by atoms with Crippen LogP contribution in [0.3, 0.4) is 0 Å². The number of hydrogen-bond donors (Lipinski definition) is 1. The fraction of sp³-hybridized carbons (Fsp3) is 0.600. The molecular weight excluding hydrogens is 231 g/mol. The highest BCUT2D eigenvalue weighted by atomic mass is 19.1. The van der Waals surface area contributed by atoms with E-state index in [1.807, 2.05) is 13.8 Å². The third-order valence-corrected chi connectivity index (χ3v) is 4.04. The predicted octanol–water partition coefficient (Wildman–Crippen LogP) is 2.89. The zero-order valence-corrected chi connectivity index (χ0v) is 11.0. The van der Waals surface area contributed by atoms with Gasteiger partial charge in [-0.1, -0.05) is 26.0 Å². The van der Waals surface area contributed by atoms with E-state index >= 15 is 0 Å². The normalized spacial score (nSPS) is 19.8. The molecule has 1 aromatic rings. The van der Waals surface area contributed by atoms with Gasteiger partial charge in [-0.05, 0) is 36.5 Å². The lowest BCUT2D eigenvalue weighted by atomic mass is 9.72. The summed E-state index contributed by atoms with van der Waals surface area (Å²) >= 11 is 0. The summed E-state index contributed by atoms with van der Waals surface area (Å²) in [5, 5.41) is 10.6. The Kier molecular flexibility index (Phi) is 4.03. The van der Waals surface area contributed by atoms with Gasteiger partial charge in [0.2, 0.25) is 0 Å². The number of ether oxygens (including phenoxy) is 1. The van der Waals surface area contributed by atoms with E-state index in [1.54, 1.807) is 12.1 Å². The van der Waals surface area contributed by atoms with Gasteiger partial charge in [0.05, 0.1) is 6.10 Å². The van der Waals surface area contributed by atoms with E-state index in [0.717, 1.165) is 31.6 Å². The Morgan fingerprint density at radius 2 is 1.78 bits per heavy atom. The summed E-state index contributed by atoms with van der Waals surface area (Å²) in [6.45, 7) is 5.48. The molecule has 0 radical (unpaired) electrons. The van der Waals surface area contributed by atoms with Gasteiger partial charge in [0, 0.05) is 18.6 Å². The summed E-state index contributed by atoms with van der Waals surface area (Å²) < 4.78 is 18.3. The first-order valence-electron chi connectivity index (χ1n) is 6.53. The van der Waals surface area contributed by atoms with Gasteiger partial charge in [0.15, 0.2) is 0 Å². The Hall–Kier alpha value is -0.930. The van der Waals surface area contributed by atoms with Crippen molar-refractivity contribution < 1.29 is 14.2 Å². The molecule has 0 aromatic heterocycles. The number of hydrogen-bond acceptors (Lipinski definition) is 2. The third kappa shape index (κ3) is 2.73. The Morgan fingerprint density at radius 1 is 1.22 bits per heavy atom. The SMILES string of the molecule is CC(C)(c1ccc(F)cc1)C(O)C1CCOCC1. The number of aliphatic hydroxyl groups is 1. The van der Waals surface area contributed by atoms with Crippen molar-refractivity contribution in [3.8, 4) is 0 Å². The first-order chi connectivity index (χ1) is 8.51. The van der Waals surface area contributed by atoms with Crippen LogP contribution in [-0.2, 0) is 10.2 Å². The van der Waals surface area contributed by atoms with Gasteiger partial charge in [-0.2, -0.15) is 0 Å². The molecule has 3 heteroatoms. The molecule has 1 heterocycles. The number of aliphatic hydroxyl groups excluding tert-OH is 1. The molecule has 1 aliphatic rings. The monoisotopic (exact) mass is 252 g/mol. The second-order valence-corrected chi connectivity index (χ2v) is 5.62. The average molecular weight is 252 g/mol. The fourth-order valence-corrected chi connectivity index (χ4v) is 2.67. The molecule has 0 bridgehead atoms. The highest BCUT2D eigenvalue weighted by Crippen LogP contribution is 2.34. The average Bonchev–Trinajstić information content (AvgIpc) is 2.39. The van der Waals surface area contributed by atoms with Gasteiger partial charge < -0.3 is 9.84 Å². The Morgan fingerprint density at radius 3 is 2.33 bits per heavy atom. The van der Waals surface area contributed by atoms with Crippen LogP contribution in [0.4, 0.5) is 4.39 Å². The van der Waals surface area contributed by atoms with Crippen LogP contribution in [0.2, 0.25) is 0 Å². The van der Waals surface area contributed by atoms with Crippen LogP contribution >= 0.6 is 0 Å². The first kappa shape index (κ1) is 13.5. The topological polar surface area (TPSA) is 29.5 Å². The van der Waals surface area contributed by atoms with Crippen LogP contribution in [0.15, 0.2) is 24.3 Å². The molecule has 2 nitrogen and oxygen atoms in total. The minimum atomic E-state index is -0.424. The largest absolute Gasteiger partial charge is 0.392 e. The van der Waals surface area contributed by atoms with Crippen molar-refractivity contribution in [2.24, 2.45) is 5.92 Å². The quantitative estimate of drug-likeness (QED) is 0.896. The molecule has 0 spiro atoms. The van der Waals surface area contributed by atoms with Gasteiger partial charge in [-0.3, -0.25) is 0 Å². The third-order valence-electron chi connectivity index (χ3n) is 4.04. The van der Waals surface area contributed by atoms with E-state index in [1.165, 1.54) is 12.1 Å². The van der Waals surface area contributed by atoms with E-state index in [9.17, 15) is 9.50 Å². The van der Waals surface area contributed by atoms with Gasteiger partial charge in [-0.25, -0.2) is 4.39 Å². The van der Waals surface area contributed by atoms with Gasteiger partial charge >= 0.3 is 0 Å². The minimum Gasteiger partial charge on any atom is -0.392 e. The predicted molar refractivity (Wildman–Crippen MR) is 69.0 cm³/mol. The summed E-state index contributed by atoms with van der Waals surface area (Å²) in [6, 6.07) is 6.43. The van der Waals surface area contributed by atoms with Crippen LogP contribution < -0.4 is 0 Å². The number of halogens is 1. The van der Waals surface area contributed by atoms with Crippen LogP contribution in [0, 0.1) is 11.7 Å². The maximum atomic E-state index is 13.0. The molecule has 100 valence electrons. The van der Waals surface area contributed by atoms with Gasteiger partial charge in [0.25, 0.3) is 0 Å². The van der Waals surface area contributed by atoms with E-state index in [2.05, 4.69) is 0 Å². The summed E-state index contributed by atoms with van der Waals surface area (Å²) in [4.78, 5) is 0. The maximum absolute atomic E-state index is 13.0. The number of benzene rings is 1. The van der Waals surface area contributed by atoms with Crippen molar-refractivity contribution in [1.82, 2.24) is 0 Å². The molecule has 1 N–H and O–H groups in total. The lowest BCUT2D eigenvalue weighted by molar-refractivity contribution is -0.0211. The van der Waals surface area contributed by atoms with Crippen LogP contribution in [0.25, 0.3) is 0 Å². The van der Waals surface area contributed by atoms with E-state index in [4.69, 9.17) is 4.74 Å². The molecule has 1 fully saturated rings. The van der Waals surface area contributed by atoms with Crippen molar-refractivity contribution in [2.45, 2.75) is 38.2 Å². The zero-order chi connectivity index (χ0) is 13.2. The summed E-state index contributed by atoms with van der Waals surface area (Å²) in [7, 11) is 0. The molecular formula is C15H21FO2. The molecule has 0 aliphatic carbocycles. The first-order valence-corrected chi connectivity index (χ1v) is 6.53. The molecule has 2 rings (SSSR count).